The fourth-order valence-electron chi connectivity index (χ4n) is 3.25. The number of ketones is 1. The fraction of sp³-hybridized carbons (Fsp3) is 0.0476. The molecule has 0 bridgehead atoms. The van der Waals surface area contributed by atoms with Crippen molar-refractivity contribution in [2.45, 2.75) is 6.92 Å². The van der Waals surface area contributed by atoms with E-state index in [0.29, 0.717) is 5.56 Å². The molecule has 0 unspecified atom stereocenters. The summed E-state index contributed by atoms with van der Waals surface area (Å²) in [5.74, 6) is -1.81. The number of nitrogens with two attached hydrogens (primary N) is 1. The van der Waals surface area contributed by atoms with Crippen molar-refractivity contribution in [3.63, 3.8) is 0 Å². The van der Waals surface area contributed by atoms with Crippen LogP contribution in [0.5, 0.6) is 0 Å². The smallest absolute Gasteiger partial charge is 0.262 e. The zero-order valence-electron chi connectivity index (χ0n) is 14.9. The Morgan fingerprint density at radius 2 is 1.64 bits per heavy atom. The highest BCUT2D eigenvalue weighted by Crippen LogP contribution is 2.25. The predicted octanol–water partition coefficient (Wildman–Crippen LogP) is 1.84. The van der Waals surface area contributed by atoms with E-state index in [2.05, 4.69) is 5.32 Å². The molecule has 4 rings (SSSR count). The number of carbonyl (C=O) groups is 3. The number of nitrogens with one attached hydrogen (secondary N) is 1. The zero-order valence-corrected chi connectivity index (χ0v) is 14.9. The number of carbonyl (C=O) groups excluding carboxylic acids is 3. The first-order valence-corrected chi connectivity index (χ1v) is 8.50. The number of pyridine rings is 1. The number of amides is 2. The molecule has 2 aromatic carbocycles. The van der Waals surface area contributed by atoms with Gasteiger partial charge < -0.3 is 5.73 Å². The molecule has 0 radical (unpaired) electrons. The molecule has 0 spiro atoms. The van der Waals surface area contributed by atoms with E-state index in [1.165, 1.54) is 0 Å². The Labute approximate surface area is 159 Å². The van der Waals surface area contributed by atoms with Crippen molar-refractivity contribution in [2.75, 3.05) is 5.73 Å². The van der Waals surface area contributed by atoms with Crippen LogP contribution in [-0.4, -0.2) is 22.2 Å². The lowest BCUT2D eigenvalue weighted by Crippen LogP contribution is -2.25. The first-order chi connectivity index (χ1) is 13.4. The number of hydrogen-bond donors (Lipinski definition) is 2. The third-order valence-electron chi connectivity index (χ3n) is 4.66. The quantitative estimate of drug-likeness (QED) is 0.538. The summed E-state index contributed by atoms with van der Waals surface area (Å²) in [7, 11) is 0. The summed E-state index contributed by atoms with van der Waals surface area (Å²) < 4.78 is 1.08. The lowest BCUT2D eigenvalue weighted by molar-refractivity contribution is 0.0879. The molecule has 0 saturated heterocycles. The second kappa shape index (κ2) is 6.31. The van der Waals surface area contributed by atoms with Gasteiger partial charge in [-0.3, -0.25) is 29.1 Å². The molecular weight excluding hydrogens is 358 g/mol. The van der Waals surface area contributed by atoms with Gasteiger partial charge in [0.05, 0.1) is 16.8 Å². The van der Waals surface area contributed by atoms with Crippen LogP contribution in [0.4, 0.5) is 5.82 Å². The van der Waals surface area contributed by atoms with Crippen molar-refractivity contribution in [3.8, 4) is 5.69 Å². The Kier molecular flexibility index (Phi) is 3.93. The topological polar surface area (TPSA) is 111 Å². The van der Waals surface area contributed by atoms with Crippen LogP contribution in [0, 0.1) is 6.92 Å². The van der Waals surface area contributed by atoms with Gasteiger partial charge in [0, 0.05) is 17.2 Å². The van der Waals surface area contributed by atoms with Gasteiger partial charge in [-0.05, 0) is 19.1 Å². The monoisotopic (exact) mass is 373 g/mol. The molecular formula is C21H15N3O4. The molecule has 3 N–H and O–H groups in total. The van der Waals surface area contributed by atoms with Gasteiger partial charge in [0.25, 0.3) is 17.4 Å². The van der Waals surface area contributed by atoms with Crippen LogP contribution in [-0.2, 0) is 0 Å². The van der Waals surface area contributed by atoms with Gasteiger partial charge in [0.2, 0.25) is 0 Å². The molecule has 1 aromatic heterocycles. The summed E-state index contributed by atoms with van der Waals surface area (Å²) in [6.07, 6.45) is 0. The molecule has 0 aliphatic carbocycles. The Balaban J connectivity index is 1.93. The minimum absolute atomic E-state index is 0.0638. The summed E-state index contributed by atoms with van der Waals surface area (Å²) in [4.78, 5) is 49.6. The predicted molar refractivity (Wildman–Crippen MR) is 103 cm³/mol. The van der Waals surface area contributed by atoms with Gasteiger partial charge in [-0.2, -0.15) is 0 Å². The number of anilines is 1. The number of imide groups is 1. The van der Waals surface area contributed by atoms with E-state index in [1.807, 2.05) is 19.1 Å². The number of benzene rings is 2. The normalized spacial score (nSPS) is 12.6. The third kappa shape index (κ3) is 2.61. The molecule has 1 aliphatic heterocycles. The Bertz CT molecular complexity index is 1220. The molecule has 0 saturated carbocycles. The van der Waals surface area contributed by atoms with E-state index >= 15 is 0 Å². The van der Waals surface area contributed by atoms with Gasteiger partial charge in [-0.25, -0.2) is 0 Å². The summed E-state index contributed by atoms with van der Waals surface area (Å²) in [6, 6.07) is 14.6. The molecule has 3 aromatic rings. The second-order valence-corrected chi connectivity index (χ2v) is 6.49. The number of nitrogens with zero attached hydrogens (tertiary/aromatic N) is 1. The number of aryl methyl sites for hydroxylation is 1. The van der Waals surface area contributed by atoms with Crippen molar-refractivity contribution < 1.29 is 14.4 Å². The number of fused-ring (bicyclic) bond motifs is 1. The van der Waals surface area contributed by atoms with Crippen LogP contribution >= 0.6 is 0 Å². The summed E-state index contributed by atoms with van der Waals surface area (Å²) >= 11 is 0. The van der Waals surface area contributed by atoms with E-state index in [0.717, 1.165) is 16.2 Å². The van der Waals surface area contributed by atoms with Gasteiger partial charge in [0.1, 0.15) is 5.82 Å². The Morgan fingerprint density at radius 3 is 2.36 bits per heavy atom. The van der Waals surface area contributed by atoms with Crippen molar-refractivity contribution in [1.82, 2.24) is 9.88 Å². The van der Waals surface area contributed by atoms with E-state index in [9.17, 15) is 19.2 Å². The average Bonchev–Trinajstić information content (AvgIpc) is 2.96. The van der Waals surface area contributed by atoms with Crippen molar-refractivity contribution in [3.05, 3.63) is 92.8 Å². The lowest BCUT2D eigenvalue weighted by atomic mass is 10.00. The highest BCUT2D eigenvalue weighted by Gasteiger charge is 2.32. The molecule has 7 nitrogen and oxygen atoms in total. The van der Waals surface area contributed by atoms with Crippen LogP contribution in [0.1, 0.15) is 42.2 Å². The Hall–Kier alpha value is -4.00. The molecule has 2 heterocycles. The van der Waals surface area contributed by atoms with E-state index in [4.69, 9.17) is 5.73 Å². The molecule has 7 heteroatoms. The number of hydrogen-bond acceptors (Lipinski definition) is 5. The first kappa shape index (κ1) is 17.4. The largest absolute Gasteiger partial charge is 0.384 e. The van der Waals surface area contributed by atoms with E-state index < -0.39 is 17.4 Å². The van der Waals surface area contributed by atoms with Gasteiger partial charge in [0.15, 0.2) is 5.78 Å². The third-order valence-corrected chi connectivity index (χ3v) is 4.66. The van der Waals surface area contributed by atoms with Crippen LogP contribution < -0.4 is 16.6 Å². The maximum absolute atomic E-state index is 13.0. The zero-order chi connectivity index (χ0) is 20.0. The molecule has 28 heavy (non-hydrogen) atoms. The molecule has 1 aliphatic rings. The van der Waals surface area contributed by atoms with Gasteiger partial charge in [-0.1, -0.05) is 42.0 Å². The maximum Gasteiger partial charge on any atom is 0.262 e. The molecule has 0 atom stereocenters. The van der Waals surface area contributed by atoms with Crippen LogP contribution in [0.25, 0.3) is 5.69 Å². The summed E-state index contributed by atoms with van der Waals surface area (Å²) in [5.41, 5.74) is 7.32. The van der Waals surface area contributed by atoms with Crippen LogP contribution in [0.3, 0.4) is 0 Å². The minimum atomic E-state index is -0.673. The molecule has 138 valence electrons. The summed E-state index contributed by atoms with van der Waals surface area (Å²) in [6.45, 7) is 1.92. The number of aromatic nitrogens is 1. The van der Waals surface area contributed by atoms with E-state index in [1.54, 1.807) is 36.4 Å². The highest BCUT2D eigenvalue weighted by atomic mass is 16.2. The number of para-hydroxylation sites is 1. The number of rotatable bonds is 3. The fourth-order valence-corrected chi connectivity index (χ4v) is 3.25. The number of nitrogen functional groups attached to an aromatic ring is 1. The minimum Gasteiger partial charge on any atom is -0.384 e. The SMILES string of the molecule is Cc1ccc(C(=O)c2ccccc2-n2c(N)c3c(cc2=O)C(=O)NC3=O)cc1. The Morgan fingerprint density at radius 1 is 0.964 bits per heavy atom. The van der Waals surface area contributed by atoms with Gasteiger partial charge >= 0.3 is 0 Å². The van der Waals surface area contributed by atoms with E-state index in [-0.39, 0.29) is 34.0 Å². The van der Waals surface area contributed by atoms with Crippen LogP contribution in [0.2, 0.25) is 0 Å². The molecule has 2 amide bonds. The summed E-state index contributed by atoms with van der Waals surface area (Å²) in [5, 5.41) is 2.12. The lowest BCUT2D eigenvalue weighted by Gasteiger charge is -2.15. The van der Waals surface area contributed by atoms with Crippen LogP contribution in [0.15, 0.2) is 59.4 Å². The second-order valence-electron chi connectivity index (χ2n) is 6.49. The average molecular weight is 373 g/mol. The van der Waals surface area contributed by atoms with Gasteiger partial charge in [-0.15, -0.1) is 0 Å². The molecule has 0 fully saturated rings. The maximum atomic E-state index is 13.0. The van der Waals surface area contributed by atoms with Crippen molar-refractivity contribution in [2.24, 2.45) is 0 Å². The van der Waals surface area contributed by atoms with Crippen molar-refractivity contribution >= 4 is 23.4 Å². The first-order valence-electron chi connectivity index (χ1n) is 8.50. The van der Waals surface area contributed by atoms with Crippen molar-refractivity contribution in [1.29, 1.82) is 0 Å². The highest BCUT2D eigenvalue weighted by molar-refractivity contribution is 6.23. The standard InChI is InChI=1S/C21H15N3O4/c1-11-6-8-12(9-7-11)18(26)13-4-2-3-5-15(13)24-16(25)10-14-17(19(24)22)21(28)23-20(14)27/h2-10H,22H2,1H3,(H,23,27,28).